The maximum absolute atomic E-state index is 13.0. The minimum Gasteiger partial charge on any atom is -0.481 e. The first kappa shape index (κ1) is 16.9. The maximum Gasteiger partial charge on any atom is 0.326 e. The minimum atomic E-state index is -1.07. The van der Waals surface area contributed by atoms with E-state index in [1.165, 1.54) is 25.1 Å². The van der Waals surface area contributed by atoms with Crippen molar-refractivity contribution in [3.8, 4) is 5.75 Å². The second-order valence-electron chi connectivity index (χ2n) is 4.76. The molecular weight excluding hydrogens is 277 g/mol. The van der Waals surface area contributed by atoms with Gasteiger partial charge in [0.2, 0.25) is 0 Å². The fraction of sp³-hybridized carbons (Fsp3) is 0.467. The summed E-state index contributed by atoms with van der Waals surface area (Å²) in [6.07, 6.45) is 1.01. The van der Waals surface area contributed by atoms with Crippen molar-refractivity contribution in [1.29, 1.82) is 0 Å². The smallest absolute Gasteiger partial charge is 0.326 e. The number of benzene rings is 1. The van der Waals surface area contributed by atoms with Gasteiger partial charge in [0.25, 0.3) is 5.91 Å². The van der Waals surface area contributed by atoms with Gasteiger partial charge in [0.05, 0.1) is 0 Å². The van der Waals surface area contributed by atoms with E-state index in [0.717, 1.165) is 12.5 Å². The van der Waals surface area contributed by atoms with Crippen LogP contribution in [0.5, 0.6) is 5.75 Å². The zero-order chi connectivity index (χ0) is 15.8. The lowest BCUT2D eigenvalue weighted by Crippen LogP contribution is -2.46. The summed E-state index contributed by atoms with van der Waals surface area (Å²) in [5.41, 5.74) is 0. The molecule has 0 fully saturated rings. The van der Waals surface area contributed by atoms with E-state index in [4.69, 9.17) is 9.84 Å². The van der Waals surface area contributed by atoms with Crippen molar-refractivity contribution in [3.05, 3.63) is 30.1 Å². The van der Waals surface area contributed by atoms with E-state index in [9.17, 15) is 14.0 Å². The van der Waals surface area contributed by atoms with Crippen molar-refractivity contribution in [2.75, 3.05) is 0 Å². The number of rotatable bonds is 8. The molecule has 116 valence electrons. The molecule has 0 bridgehead atoms. The lowest BCUT2D eigenvalue weighted by atomic mass is 10.1. The van der Waals surface area contributed by atoms with Gasteiger partial charge in [-0.25, -0.2) is 9.18 Å². The Bertz CT molecular complexity index is 492. The summed E-state index contributed by atoms with van der Waals surface area (Å²) in [5, 5.41) is 11.5. The molecule has 2 atom stereocenters. The standard InChI is InChI=1S/C15H20FNO4/c1-3-4-8-13(15(19)20)17-14(18)10(2)21-12-7-5-6-11(16)9-12/h5-7,9-10,13H,3-4,8H2,1-2H3,(H,17,18)(H,19,20)/t10?,13-/m0/s1. The molecule has 0 spiro atoms. The van der Waals surface area contributed by atoms with Gasteiger partial charge in [0, 0.05) is 6.07 Å². The van der Waals surface area contributed by atoms with Crippen molar-refractivity contribution in [2.24, 2.45) is 0 Å². The van der Waals surface area contributed by atoms with E-state index in [2.05, 4.69) is 5.32 Å². The molecule has 1 unspecified atom stereocenters. The molecule has 0 aliphatic heterocycles. The fourth-order valence-electron chi connectivity index (χ4n) is 1.75. The Labute approximate surface area is 123 Å². The largest absolute Gasteiger partial charge is 0.481 e. The number of nitrogens with one attached hydrogen (secondary N) is 1. The molecule has 5 nitrogen and oxygen atoms in total. The number of hydrogen-bond acceptors (Lipinski definition) is 3. The van der Waals surface area contributed by atoms with E-state index in [0.29, 0.717) is 12.8 Å². The van der Waals surface area contributed by atoms with Crippen molar-refractivity contribution in [1.82, 2.24) is 5.32 Å². The first-order chi connectivity index (χ1) is 9.93. The van der Waals surface area contributed by atoms with Crippen LogP contribution < -0.4 is 10.1 Å². The molecule has 0 heterocycles. The van der Waals surface area contributed by atoms with Gasteiger partial charge in [-0.05, 0) is 25.5 Å². The van der Waals surface area contributed by atoms with Crippen LogP contribution >= 0.6 is 0 Å². The summed E-state index contributed by atoms with van der Waals surface area (Å²) >= 11 is 0. The summed E-state index contributed by atoms with van der Waals surface area (Å²) in [6, 6.07) is 4.49. The van der Waals surface area contributed by atoms with Crippen LogP contribution in [-0.4, -0.2) is 29.1 Å². The van der Waals surface area contributed by atoms with Crippen molar-refractivity contribution < 1.29 is 23.8 Å². The second kappa shape index (κ2) is 8.24. The van der Waals surface area contributed by atoms with Crippen LogP contribution in [0.4, 0.5) is 4.39 Å². The summed E-state index contributed by atoms with van der Waals surface area (Å²) in [7, 11) is 0. The van der Waals surface area contributed by atoms with Gasteiger partial charge in [-0.1, -0.05) is 25.8 Å². The number of aliphatic carboxylic acids is 1. The fourth-order valence-corrected chi connectivity index (χ4v) is 1.75. The summed E-state index contributed by atoms with van der Waals surface area (Å²) < 4.78 is 18.3. The third kappa shape index (κ3) is 5.81. The van der Waals surface area contributed by atoms with E-state index in [1.54, 1.807) is 0 Å². The van der Waals surface area contributed by atoms with Crippen molar-refractivity contribution in [3.63, 3.8) is 0 Å². The molecule has 1 aromatic rings. The molecule has 0 aliphatic rings. The third-order valence-electron chi connectivity index (χ3n) is 2.94. The molecule has 0 saturated heterocycles. The van der Waals surface area contributed by atoms with Crippen LogP contribution in [0.25, 0.3) is 0 Å². The van der Waals surface area contributed by atoms with Gasteiger partial charge in [-0.3, -0.25) is 4.79 Å². The molecule has 1 aromatic carbocycles. The predicted octanol–water partition coefficient (Wildman–Crippen LogP) is 2.35. The maximum atomic E-state index is 13.0. The molecule has 1 amide bonds. The highest BCUT2D eigenvalue weighted by Gasteiger charge is 2.23. The third-order valence-corrected chi connectivity index (χ3v) is 2.94. The number of ether oxygens (including phenoxy) is 1. The number of carbonyl (C=O) groups is 2. The lowest BCUT2D eigenvalue weighted by molar-refractivity contribution is -0.143. The average Bonchev–Trinajstić information content (AvgIpc) is 2.42. The van der Waals surface area contributed by atoms with E-state index < -0.39 is 29.8 Å². The molecule has 2 N–H and O–H groups in total. The van der Waals surface area contributed by atoms with Crippen LogP contribution in [-0.2, 0) is 9.59 Å². The summed E-state index contributed by atoms with van der Waals surface area (Å²) in [4.78, 5) is 23.0. The minimum absolute atomic E-state index is 0.220. The number of carbonyl (C=O) groups excluding carboxylic acids is 1. The molecule has 0 aliphatic carbocycles. The Morgan fingerprint density at radius 3 is 2.71 bits per heavy atom. The lowest BCUT2D eigenvalue weighted by Gasteiger charge is -2.18. The monoisotopic (exact) mass is 297 g/mol. The van der Waals surface area contributed by atoms with Crippen LogP contribution in [0, 0.1) is 5.82 Å². The molecule has 1 rings (SSSR count). The zero-order valence-electron chi connectivity index (χ0n) is 12.1. The molecular formula is C15H20FNO4. The highest BCUT2D eigenvalue weighted by atomic mass is 19.1. The quantitative estimate of drug-likeness (QED) is 0.772. The number of unbranched alkanes of at least 4 members (excludes halogenated alkanes) is 1. The highest BCUT2D eigenvalue weighted by molar-refractivity contribution is 5.86. The van der Waals surface area contributed by atoms with Crippen LogP contribution in [0.1, 0.15) is 33.1 Å². The Morgan fingerprint density at radius 2 is 2.14 bits per heavy atom. The number of hydrogen-bond donors (Lipinski definition) is 2. The Balaban J connectivity index is 2.58. The number of carboxylic acid groups (broad SMARTS) is 1. The van der Waals surface area contributed by atoms with Crippen molar-refractivity contribution in [2.45, 2.75) is 45.3 Å². The second-order valence-corrected chi connectivity index (χ2v) is 4.76. The van der Waals surface area contributed by atoms with Crippen molar-refractivity contribution >= 4 is 11.9 Å². The molecule has 21 heavy (non-hydrogen) atoms. The number of carboxylic acids is 1. The molecule has 0 aromatic heterocycles. The van der Waals surface area contributed by atoms with Gasteiger partial charge in [-0.2, -0.15) is 0 Å². The van der Waals surface area contributed by atoms with Crippen LogP contribution in [0.3, 0.4) is 0 Å². The van der Waals surface area contributed by atoms with E-state index in [-0.39, 0.29) is 5.75 Å². The SMILES string of the molecule is CCCC[C@H](NC(=O)C(C)Oc1cccc(F)c1)C(=O)O. The number of halogens is 1. The normalized spacial score (nSPS) is 13.3. The molecule has 0 radical (unpaired) electrons. The predicted molar refractivity (Wildman–Crippen MR) is 75.6 cm³/mol. The van der Waals surface area contributed by atoms with Crippen LogP contribution in [0.2, 0.25) is 0 Å². The molecule has 6 heteroatoms. The van der Waals surface area contributed by atoms with Gasteiger partial charge < -0.3 is 15.2 Å². The number of amides is 1. The van der Waals surface area contributed by atoms with E-state index >= 15 is 0 Å². The Morgan fingerprint density at radius 1 is 1.43 bits per heavy atom. The Kier molecular flexibility index (Phi) is 6.65. The zero-order valence-corrected chi connectivity index (χ0v) is 12.1. The van der Waals surface area contributed by atoms with E-state index in [1.807, 2.05) is 6.92 Å². The van der Waals surface area contributed by atoms with Gasteiger partial charge in [-0.15, -0.1) is 0 Å². The van der Waals surface area contributed by atoms with Gasteiger partial charge in [0.15, 0.2) is 6.10 Å². The van der Waals surface area contributed by atoms with Gasteiger partial charge in [0.1, 0.15) is 17.6 Å². The Hall–Kier alpha value is -2.11. The highest BCUT2D eigenvalue weighted by Crippen LogP contribution is 2.14. The van der Waals surface area contributed by atoms with Gasteiger partial charge >= 0.3 is 5.97 Å². The first-order valence-corrected chi connectivity index (χ1v) is 6.89. The summed E-state index contributed by atoms with van der Waals surface area (Å²) in [5.74, 6) is -1.86. The average molecular weight is 297 g/mol. The molecule has 0 saturated carbocycles. The van der Waals surface area contributed by atoms with Crippen LogP contribution in [0.15, 0.2) is 24.3 Å². The topological polar surface area (TPSA) is 75.6 Å². The first-order valence-electron chi connectivity index (χ1n) is 6.89. The summed E-state index contributed by atoms with van der Waals surface area (Å²) in [6.45, 7) is 3.43.